The summed E-state index contributed by atoms with van der Waals surface area (Å²) < 4.78 is 4.99. The zero-order valence-electron chi connectivity index (χ0n) is 10.0. The first kappa shape index (κ1) is 14.1. The highest BCUT2D eigenvalue weighted by Gasteiger charge is 2.08. The number of benzene rings is 1. The number of esters is 1. The number of hydrogen-bond acceptors (Lipinski definition) is 3. The second-order valence-electron chi connectivity index (χ2n) is 3.97. The van der Waals surface area contributed by atoms with Crippen molar-refractivity contribution in [2.45, 2.75) is 26.9 Å². The third-order valence-electron chi connectivity index (χ3n) is 2.04. The van der Waals surface area contributed by atoms with Gasteiger partial charge < -0.3 is 10.1 Å². The molecule has 0 unspecified atom stereocenters. The number of carbonyl (C=O) groups excluding carboxylic acids is 1. The first-order valence-corrected chi connectivity index (χ1v) is 6.04. The van der Waals surface area contributed by atoms with E-state index in [-0.39, 0.29) is 18.6 Å². The molecule has 0 bridgehead atoms. The van der Waals surface area contributed by atoms with Gasteiger partial charge in [-0.05, 0) is 38.5 Å². The molecule has 94 valence electrons. The Morgan fingerprint density at radius 2 is 2.00 bits per heavy atom. The second kappa shape index (κ2) is 6.12. The van der Waals surface area contributed by atoms with Crippen LogP contribution in [0.25, 0.3) is 0 Å². The Kier molecular flexibility index (Phi) is 5.09. The molecule has 0 aromatic heterocycles. The van der Waals surface area contributed by atoms with Crippen LogP contribution in [0.1, 0.15) is 19.4 Å². The maximum absolute atomic E-state index is 11.3. The standard InChI is InChI=1S/C12H15Cl2NO2/c1-7(2)17-12(16)6-15-11-5-9(13)8(3)4-10(11)14/h4-5,7,15H,6H2,1-3H3. The van der Waals surface area contributed by atoms with Gasteiger partial charge >= 0.3 is 5.97 Å². The van der Waals surface area contributed by atoms with Gasteiger partial charge in [-0.25, -0.2) is 0 Å². The number of hydrogen-bond donors (Lipinski definition) is 1. The van der Waals surface area contributed by atoms with Crippen LogP contribution < -0.4 is 5.32 Å². The Labute approximate surface area is 111 Å². The van der Waals surface area contributed by atoms with E-state index in [9.17, 15) is 4.79 Å². The third-order valence-corrected chi connectivity index (χ3v) is 2.76. The van der Waals surface area contributed by atoms with E-state index in [1.807, 2.05) is 6.92 Å². The number of aryl methyl sites for hydroxylation is 1. The highest BCUT2D eigenvalue weighted by molar-refractivity contribution is 6.35. The van der Waals surface area contributed by atoms with Crippen LogP contribution in [0.4, 0.5) is 5.69 Å². The maximum atomic E-state index is 11.3. The summed E-state index contributed by atoms with van der Waals surface area (Å²) in [6.45, 7) is 5.53. The van der Waals surface area contributed by atoms with Gasteiger partial charge in [-0.1, -0.05) is 23.2 Å². The molecule has 1 N–H and O–H groups in total. The smallest absolute Gasteiger partial charge is 0.325 e. The quantitative estimate of drug-likeness (QED) is 0.853. The lowest BCUT2D eigenvalue weighted by atomic mass is 10.2. The van der Waals surface area contributed by atoms with Crippen LogP contribution in [-0.4, -0.2) is 18.6 Å². The van der Waals surface area contributed by atoms with Gasteiger partial charge in [-0.2, -0.15) is 0 Å². The molecule has 0 spiro atoms. The summed E-state index contributed by atoms with van der Waals surface area (Å²) in [5, 5.41) is 4.03. The Hall–Kier alpha value is -0.930. The fraction of sp³-hybridized carbons (Fsp3) is 0.417. The van der Waals surface area contributed by atoms with E-state index in [0.29, 0.717) is 15.7 Å². The Balaban J connectivity index is 2.63. The van der Waals surface area contributed by atoms with Gasteiger partial charge in [0.1, 0.15) is 6.54 Å². The van der Waals surface area contributed by atoms with Crippen molar-refractivity contribution in [3.8, 4) is 0 Å². The Morgan fingerprint density at radius 1 is 1.35 bits per heavy atom. The number of rotatable bonds is 4. The third kappa shape index (κ3) is 4.44. The van der Waals surface area contributed by atoms with Crippen molar-refractivity contribution in [1.29, 1.82) is 0 Å². The summed E-state index contributed by atoms with van der Waals surface area (Å²) in [7, 11) is 0. The Morgan fingerprint density at radius 3 is 2.59 bits per heavy atom. The molecule has 0 aliphatic carbocycles. The van der Waals surface area contributed by atoms with E-state index < -0.39 is 0 Å². The monoisotopic (exact) mass is 275 g/mol. The lowest BCUT2D eigenvalue weighted by Crippen LogP contribution is -2.20. The van der Waals surface area contributed by atoms with Crippen molar-refractivity contribution in [1.82, 2.24) is 0 Å². The van der Waals surface area contributed by atoms with Crippen molar-refractivity contribution in [3.63, 3.8) is 0 Å². The van der Waals surface area contributed by atoms with Gasteiger partial charge in [0.2, 0.25) is 0 Å². The molecule has 1 aromatic rings. The molecule has 3 nitrogen and oxygen atoms in total. The van der Waals surface area contributed by atoms with Crippen LogP contribution in [0, 0.1) is 6.92 Å². The number of ether oxygens (including phenoxy) is 1. The summed E-state index contributed by atoms with van der Waals surface area (Å²) in [6.07, 6.45) is -0.124. The van der Waals surface area contributed by atoms with Crippen LogP contribution in [0.5, 0.6) is 0 Å². The first-order chi connectivity index (χ1) is 7.90. The van der Waals surface area contributed by atoms with Crippen molar-refractivity contribution in [2.24, 2.45) is 0 Å². The van der Waals surface area contributed by atoms with Gasteiger partial charge in [0.15, 0.2) is 0 Å². The molecule has 0 heterocycles. The Bertz CT molecular complexity index is 419. The molecule has 0 atom stereocenters. The van der Waals surface area contributed by atoms with Crippen LogP contribution in [0.2, 0.25) is 10.0 Å². The first-order valence-electron chi connectivity index (χ1n) is 5.29. The van der Waals surface area contributed by atoms with E-state index in [1.54, 1.807) is 26.0 Å². The minimum atomic E-state index is -0.326. The minimum absolute atomic E-state index is 0.0668. The minimum Gasteiger partial charge on any atom is -0.462 e. The van der Waals surface area contributed by atoms with Gasteiger partial charge in [0, 0.05) is 5.02 Å². The zero-order valence-corrected chi connectivity index (χ0v) is 11.5. The summed E-state index contributed by atoms with van der Waals surface area (Å²) in [5.41, 5.74) is 1.52. The molecule has 0 amide bonds. The molecule has 1 aromatic carbocycles. The average molecular weight is 276 g/mol. The van der Waals surface area contributed by atoms with E-state index in [0.717, 1.165) is 5.56 Å². The molecule has 1 rings (SSSR count). The molecule has 5 heteroatoms. The molecule has 0 radical (unpaired) electrons. The van der Waals surface area contributed by atoms with Crippen molar-refractivity contribution in [2.75, 3.05) is 11.9 Å². The maximum Gasteiger partial charge on any atom is 0.325 e. The highest BCUT2D eigenvalue weighted by Crippen LogP contribution is 2.28. The molecular weight excluding hydrogens is 261 g/mol. The van der Waals surface area contributed by atoms with Gasteiger partial charge in [0.25, 0.3) is 0 Å². The number of halogens is 2. The summed E-state index contributed by atoms with van der Waals surface area (Å²) >= 11 is 12.0. The predicted octanol–water partition coefficient (Wildman–Crippen LogP) is 3.67. The van der Waals surface area contributed by atoms with Crippen molar-refractivity contribution >= 4 is 34.9 Å². The highest BCUT2D eigenvalue weighted by atomic mass is 35.5. The van der Waals surface area contributed by atoms with Gasteiger partial charge in [-0.3, -0.25) is 4.79 Å². The molecule has 0 aliphatic heterocycles. The number of carbonyl (C=O) groups is 1. The summed E-state index contributed by atoms with van der Waals surface area (Å²) in [6, 6.07) is 3.45. The zero-order chi connectivity index (χ0) is 13.0. The SMILES string of the molecule is Cc1cc(Cl)c(NCC(=O)OC(C)C)cc1Cl. The molecule has 0 saturated carbocycles. The fourth-order valence-corrected chi connectivity index (χ4v) is 1.70. The van der Waals surface area contributed by atoms with E-state index in [1.165, 1.54) is 0 Å². The lowest BCUT2D eigenvalue weighted by molar-refractivity contribution is -0.145. The van der Waals surface area contributed by atoms with Crippen LogP contribution in [0.15, 0.2) is 12.1 Å². The average Bonchev–Trinajstić information content (AvgIpc) is 2.20. The molecule has 0 saturated heterocycles. The van der Waals surface area contributed by atoms with Crippen LogP contribution in [-0.2, 0) is 9.53 Å². The molecule has 17 heavy (non-hydrogen) atoms. The van der Waals surface area contributed by atoms with Gasteiger partial charge in [-0.15, -0.1) is 0 Å². The summed E-state index contributed by atoms with van der Waals surface area (Å²) in [4.78, 5) is 11.3. The topological polar surface area (TPSA) is 38.3 Å². The van der Waals surface area contributed by atoms with E-state index in [4.69, 9.17) is 27.9 Å². The molecular formula is C12H15Cl2NO2. The largest absolute Gasteiger partial charge is 0.462 e. The second-order valence-corrected chi connectivity index (χ2v) is 4.79. The number of nitrogens with one attached hydrogen (secondary N) is 1. The normalized spacial score (nSPS) is 10.5. The lowest BCUT2D eigenvalue weighted by Gasteiger charge is -2.11. The predicted molar refractivity (Wildman–Crippen MR) is 70.9 cm³/mol. The number of anilines is 1. The van der Waals surface area contributed by atoms with Crippen molar-refractivity contribution < 1.29 is 9.53 Å². The van der Waals surface area contributed by atoms with E-state index >= 15 is 0 Å². The van der Waals surface area contributed by atoms with Crippen LogP contribution in [0.3, 0.4) is 0 Å². The van der Waals surface area contributed by atoms with Crippen molar-refractivity contribution in [3.05, 3.63) is 27.7 Å². The van der Waals surface area contributed by atoms with E-state index in [2.05, 4.69) is 5.32 Å². The summed E-state index contributed by atoms with van der Waals surface area (Å²) in [5.74, 6) is -0.326. The molecule has 0 fully saturated rings. The fourth-order valence-electron chi connectivity index (χ4n) is 1.25. The van der Waals surface area contributed by atoms with Crippen LogP contribution >= 0.6 is 23.2 Å². The molecule has 0 aliphatic rings. The van der Waals surface area contributed by atoms with Gasteiger partial charge in [0.05, 0.1) is 16.8 Å².